The zero-order chi connectivity index (χ0) is 14.2. The molecule has 0 spiro atoms. The zero-order valence-corrected chi connectivity index (χ0v) is 11.1. The van der Waals surface area contributed by atoms with E-state index < -0.39 is 11.8 Å². The molecule has 0 aliphatic carbocycles. The van der Waals surface area contributed by atoms with Crippen LogP contribution in [-0.2, 0) is 6.54 Å². The summed E-state index contributed by atoms with van der Waals surface area (Å²) in [5.41, 5.74) is 3.50. The third kappa shape index (κ3) is 2.50. The topological polar surface area (TPSA) is 55.1 Å². The number of carboxylic acids is 1. The van der Waals surface area contributed by atoms with Gasteiger partial charge in [-0.05, 0) is 44.0 Å². The number of hydrogen-bond acceptors (Lipinski definition) is 2. The van der Waals surface area contributed by atoms with Crippen molar-refractivity contribution in [3.05, 3.63) is 52.1 Å². The van der Waals surface area contributed by atoms with Crippen molar-refractivity contribution >= 4 is 5.97 Å². The minimum Gasteiger partial charge on any atom is -0.478 e. The van der Waals surface area contributed by atoms with Crippen molar-refractivity contribution in [2.24, 2.45) is 0 Å². The Morgan fingerprint density at radius 3 is 2.58 bits per heavy atom. The van der Waals surface area contributed by atoms with Gasteiger partial charge >= 0.3 is 5.97 Å². The number of carbonyl (C=O) groups is 1. The second kappa shape index (κ2) is 4.84. The number of aryl methyl sites for hydroxylation is 1. The number of hydrogen-bond donors (Lipinski definition) is 1. The number of aromatic nitrogens is 2. The minimum absolute atomic E-state index is 0.0230. The lowest BCUT2D eigenvalue weighted by Crippen LogP contribution is -2.10. The van der Waals surface area contributed by atoms with Crippen LogP contribution in [0, 0.1) is 26.6 Å². The first-order valence-corrected chi connectivity index (χ1v) is 5.92. The van der Waals surface area contributed by atoms with Crippen LogP contribution in [0.15, 0.2) is 18.2 Å². The molecule has 1 heterocycles. The van der Waals surface area contributed by atoms with E-state index in [-0.39, 0.29) is 5.56 Å². The van der Waals surface area contributed by atoms with Crippen LogP contribution in [0.5, 0.6) is 0 Å². The second-order valence-electron chi connectivity index (χ2n) is 4.56. The molecular weight excluding hydrogens is 247 g/mol. The van der Waals surface area contributed by atoms with E-state index in [1.807, 2.05) is 20.8 Å². The van der Waals surface area contributed by atoms with E-state index in [2.05, 4.69) is 5.10 Å². The third-order valence-corrected chi connectivity index (χ3v) is 3.37. The summed E-state index contributed by atoms with van der Waals surface area (Å²) >= 11 is 0. The summed E-state index contributed by atoms with van der Waals surface area (Å²) in [4.78, 5) is 11.1. The van der Waals surface area contributed by atoms with Gasteiger partial charge in [0, 0.05) is 5.69 Å². The molecule has 0 saturated heterocycles. The van der Waals surface area contributed by atoms with E-state index in [9.17, 15) is 9.18 Å². The third-order valence-electron chi connectivity index (χ3n) is 3.37. The van der Waals surface area contributed by atoms with Gasteiger partial charge in [0.25, 0.3) is 0 Å². The summed E-state index contributed by atoms with van der Waals surface area (Å²) in [5.74, 6) is -1.68. The van der Waals surface area contributed by atoms with Gasteiger partial charge in [-0.25, -0.2) is 9.18 Å². The van der Waals surface area contributed by atoms with E-state index in [1.165, 1.54) is 12.1 Å². The highest BCUT2D eigenvalue weighted by atomic mass is 19.1. The fourth-order valence-electron chi connectivity index (χ4n) is 1.99. The predicted molar refractivity (Wildman–Crippen MR) is 68.9 cm³/mol. The van der Waals surface area contributed by atoms with Crippen LogP contribution < -0.4 is 0 Å². The van der Waals surface area contributed by atoms with Crippen LogP contribution in [0.3, 0.4) is 0 Å². The number of benzene rings is 1. The van der Waals surface area contributed by atoms with Gasteiger partial charge in [-0.15, -0.1) is 0 Å². The number of halogens is 1. The van der Waals surface area contributed by atoms with Crippen LogP contribution in [0.2, 0.25) is 0 Å². The SMILES string of the molecule is Cc1nn(Cc2ccc(F)cc2C(=O)O)c(C)c1C. The first-order chi connectivity index (χ1) is 8.90. The van der Waals surface area contributed by atoms with Crippen LogP contribution in [0.4, 0.5) is 4.39 Å². The molecule has 100 valence electrons. The molecule has 0 aliphatic rings. The molecule has 4 nitrogen and oxygen atoms in total. The Hall–Kier alpha value is -2.17. The van der Waals surface area contributed by atoms with Gasteiger partial charge < -0.3 is 5.11 Å². The van der Waals surface area contributed by atoms with E-state index in [1.54, 1.807) is 4.68 Å². The number of carboxylic acid groups (broad SMARTS) is 1. The first kappa shape index (κ1) is 13.3. The van der Waals surface area contributed by atoms with Gasteiger partial charge in [0.2, 0.25) is 0 Å². The molecule has 19 heavy (non-hydrogen) atoms. The molecule has 1 aromatic heterocycles. The molecule has 1 N–H and O–H groups in total. The fourth-order valence-corrected chi connectivity index (χ4v) is 1.99. The molecule has 0 fully saturated rings. The molecule has 0 bridgehead atoms. The van der Waals surface area contributed by atoms with Crippen LogP contribution in [0.25, 0.3) is 0 Å². The lowest BCUT2D eigenvalue weighted by atomic mass is 10.1. The summed E-state index contributed by atoms with van der Waals surface area (Å²) in [6.07, 6.45) is 0. The highest BCUT2D eigenvalue weighted by molar-refractivity contribution is 5.89. The molecule has 0 saturated carbocycles. The average Bonchev–Trinajstić information content (AvgIpc) is 2.59. The number of rotatable bonds is 3. The molecule has 0 aliphatic heterocycles. The summed E-state index contributed by atoms with van der Waals surface area (Å²) < 4.78 is 14.8. The lowest BCUT2D eigenvalue weighted by molar-refractivity contribution is 0.0695. The smallest absolute Gasteiger partial charge is 0.336 e. The Bertz CT molecular complexity index is 647. The maximum Gasteiger partial charge on any atom is 0.336 e. The normalized spacial score (nSPS) is 10.7. The minimum atomic E-state index is -1.13. The zero-order valence-electron chi connectivity index (χ0n) is 11.1. The Balaban J connectivity index is 2.43. The lowest BCUT2D eigenvalue weighted by Gasteiger charge is -2.08. The Labute approximate surface area is 110 Å². The van der Waals surface area contributed by atoms with Crippen molar-refractivity contribution in [3.63, 3.8) is 0 Å². The molecule has 0 radical (unpaired) electrons. The molecular formula is C14H15FN2O2. The van der Waals surface area contributed by atoms with Gasteiger partial charge in [0.15, 0.2) is 0 Å². The number of nitrogens with zero attached hydrogens (tertiary/aromatic N) is 2. The first-order valence-electron chi connectivity index (χ1n) is 5.92. The van der Waals surface area contributed by atoms with Crippen LogP contribution >= 0.6 is 0 Å². The highest BCUT2D eigenvalue weighted by Crippen LogP contribution is 2.16. The van der Waals surface area contributed by atoms with E-state index in [0.717, 1.165) is 23.0 Å². The average molecular weight is 262 g/mol. The monoisotopic (exact) mass is 262 g/mol. The Morgan fingerprint density at radius 2 is 2.05 bits per heavy atom. The van der Waals surface area contributed by atoms with Crippen molar-refractivity contribution in [2.75, 3.05) is 0 Å². The van der Waals surface area contributed by atoms with Gasteiger partial charge in [0.05, 0.1) is 17.8 Å². The van der Waals surface area contributed by atoms with Crippen molar-refractivity contribution in [1.82, 2.24) is 9.78 Å². The predicted octanol–water partition coefficient (Wildman–Crippen LogP) is 2.69. The molecule has 5 heteroatoms. The van der Waals surface area contributed by atoms with Gasteiger partial charge in [0.1, 0.15) is 5.82 Å². The van der Waals surface area contributed by atoms with E-state index >= 15 is 0 Å². The van der Waals surface area contributed by atoms with Gasteiger partial charge in [-0.2, -0.15) is 5.10 Å². The summed E-state index contributed by atoms with van der Waals surface area (Å²) in [6, 6.07) is 3.79. The van der Waals surface area contributed by atoms with E-state index in [0.29, 0.717) is 12.1 Å². The fraction of sp³-hybridized carbons (Fsp3) is 0.286. The number of aromatic carboxylic acids is 1. The Morgan fingerprint density at radius 1 is 1.37 bits per heavy atom. The van der Waals surface area contributed by atoms with E-state index in [4.69, 9.17) is 5.11 Å². The summed E-state index contributed by atoms with van der Waals surface area (Å²) in [5, 5.41) is 13.5. The van der Waals surface area contributed by atoms with Crippen molar-refractivity contribution in [3.8, 4) is 0 Å². The molecule has 0 atom stereocenters. The quantitative estimate of drug-likeness (QED) is 0.925. The van der Waals surface area contributed by atoms with Crippen molar-refractivity contribution in [2.45, 2.75) is 27.3 Å². The molecule has 0 unspecified atom stereocenters. The van der Waals surface area contributed by atoms with Gasteiger partial charge in [-0.1, -0.05) is 6.07 Å². The second-order valence-corrected chi connectivity index (χ2v) is 4.56. The maximum atomic E-state index is 13.1. The van der Waals surface area contributed by atoms with Crippen LogP contribution in [0.1, 0.15) is 32.9 Å². The summed E-state index contributed by atoms with van der Waals surface area (Å²) in [7, 11) is 0. The maximum absolute atomic E-state index is 13.1. The molecule has 2 aromatic rings. The summed E-state index contributed by atoms with van der Waals surface area (Å²) in [6.45, 7) is 6.13. The van der Waals surface area contributed by atoms with Crippen LogP contribution in [-0.4, -0.2) is 20.9 Å². The molecule has 1 aromatic carbocycles. The highest BCUT2D eigenvalue weighted by Gasteiger charge is 2.14. The standard InChI is InChI=1S/C14H15FN2O2/c1-8-9(2)16-17(10(8)3)7-11-4-5-12(15)6-13(11)14(18)19/h4-6H,7H2,1-3H3,(H,18,19). The Kier molecular flexibility index (Phi) is 3.38. The van der Waals surface area contributed by atoms with Gasteiger partial charge in [-0.3, -0.25) is 4.68 Å². The molecule has 2 rings (SSSR count). The van der Waals surface area contributed by atoms with Crippen molar-refractivity contribution < 1.29 is 14.3 Å². The van der Waals surface area contributed by atoms with Crippen molar-refractivity contribution in [1.29, 1.82) is 0 Å². The molecule has 0 amide bonds. The largest absolute Gasteiger partial charge is 0.478 e.